The van der Waals surface area contributed by atoms with E-state index in [2.05, 4.69) is 5.32 Å². The van der Waals surface area contributed by atoms with E-state index in [-0.39, 0.29) is 6.61 Å². The highest BCUT2D eigenvalue weighted by atomic mass is 35.5. The number of carboxylic acid groups (broad SMARTS) is 1. The quantitative estimate of drug-likeness (QED) is 0.680. The van der Waals surface area contributed by atoms with Gasteiger partial charge in [-0.15, -0.1) is 0 Å². The van der Waals surface area contributed by atoms with E-state index in [0.29, 0.717) is 22.9 Å². The van der Waals surface area contributed by atoms with Gasteiger partial charge in [-0.1, -0.05) is 18.5 Å². The van der Waals surface area contributed by atoms with E-state index in [0.717, 1.165) is 5.75 Å². The third-order valence-electron chi connectivity index (χ3n) is 2.57. The Kier molecular flexibility index (Phi) is 8.00. The summed E-state index contributed by atoms with van der Waals surface area (Å²) in [6.45, 7) is 1.77. The van der Waals surface area contributed by atoms with Gasteiger partial charge in [0.15, 0.2) is 6.61 Å². The van der Waals surface area contributed by atoms with Crippen molar-refractivity contribution in [1.82, 2.24) is 5.32 Å². The van der Waals surface area contributed by atoms with Crippen LogP contribution in [0.1, 0.15) is 13.3 Å². The molecule has 116 valence electrons. The molecule has 1 aromatic carbocycles. The lowest BCUT2D eigenvalue weighted by Gasteiger charge is -2.14. The summed E-state index contributed by atoms with van der Waals surface area (Å²) in [7, 11) is 0. The van der Waals surface area contributed by atoms with Gasteiger partial charge in [0.2, 0.25) is 0 Å². The van der Waals surface area contributed by atoms with Crippen LogP contribution in [0.5, 0.6) is 5.75 Å². The van der Waals surface area contributed by atoms with Crippen LogP contribution in [0.25, 0.3) is 0 Å². The van der Waals surface area contributed by atoms with Gasteiger partial charge < -0.3 is 15.2 Å². The largest absolute Gasteiger partial charge is 0.484 e. The Morgan fingerprint density at radius 3 is 2.62 bits per heavy atom. The third kappa shape index (κ3) is 7.24. The average Bonchev–Trinajstić information content (AvgIpc) is 2.45. The molecule has 0 heterocycles. The molecule has 5 nitrogen and oxygen atoms in total. The second-order valence-corrected chi connectivity index (χ2v) is 6.02. The molecule has 1 rings (SSSR count). The number of carboxylic acids is 1. The van der Waals surface area contributed by atoms with Crippen molar-refractivity contribution in [3.63, 3.8) is 0 Å². The van der Waals surface area contributed by atoms with Crippen LogP contribution >= 0.6 is 23.4 Å². The van der Waals surface area contributed by atoms with E-state index in [9.17, 15) is 9.59 Å². The highest BCUT2D eigenvalue weighted by molar-refractivity contribution is 7.99. The number of hydrogen-bond acceptors (Lipinski definition) is 4. The summed E-state index contributed by atoms with van der Waals surface area (Å²) < 4.78 is 5.26. The minimum absolute atomic E-state index is 0.230. The molecule has 0 fully saturated rings. The lowest BCUT2D eigenvalue weighted by Crippen LogP contribution is -2.43. The van der Waals surface area contributed by atoms with E-state index in [1.807, 2.05) is 6.92 Å². The van der Waals surface area contributed by atoms with Gasteiger partial charge in [0.25, 0.3) is 5.91 Å². The lowest BCUT2D eigenvalue weighted by atomic mass is 10.2. The summed E-state index contributed by atoms with van der Waals surface area (Å²) in [6, 6.07) is 5.70. The fourth-order valence-corrected chi connectivity index (χ4v) is 2.34. The number of rotatable bonds is 9. The lowest BCUT2D eigenvalue weighted by molar-refractivity contribution is -0.142. The normalized spacial score (nSPS) is 11.7. The topological polar surface area (TPSA) is 75.6 Å². The second kappa shape index (κ2) is 9.52. The van der Waals surface area contributed by atoms with E-state index in [1.165, 1.54) is 0 Å². The van der Waals surface area contributed by atoms with Gasteiger partial charge in [-0.05, 0) is 42.2 Å². The van der Waals surface area contributed by atoms with Crippen molar-refractivity contribution in [3.05, 3.63) is 29.3 Å². The minimum atomic E-state index is -1.04. The van der Waals surface area contributed by atoms with Gasteiger partial charge in [-0.3, -0.25) is 4.79 Å². The Morgan fingerprint density at radius 1 is 1.38 bits per heavy atom. The molecule has 0 saturated heterocycles. The molecule has 0 aliphatic rings. The number of hydrogen-bond donors (Lipinski definition) is 2. The highest BCUT2D eigenvalue weighted by Gasteiger charge is 2.19. The maximum atomic E-state index is 11.7. The van der Waals surface area contributed by atoms with Crippen molar-refractivity contribution in [2.75, 3.05) is 18.1 Å². The number of halogens is 1. The van der Waals surface area contributed by atoms with Crippen LogP contribution in [-0.4, -0.2) is 41.1 Å². The van der Waals surface area contributed by atoms with E-state index in [4.69, 9.17) is 21.4 Å². The number of thioether (sulfide) groups is 1. The summed E-state index contributed by atoms with van der Waals surface area (Å²) >= 11 is 7.37. The maximum absolute atomic E-state index is 11.7. The first kappa shape index (κ1) is 17.7. The SMILES string of the molecule is CCSCCC(NC(=O)COc1ccc(Cl)cc1)C(=O)O. The van der Waals surface area contributed by atoms with Crippen LogP contribution in [0.15, 0.2) is 24.3 Å². The summed E-state index contributed by atoms with van der Waals surface area (Å²) in [5.41, 5.74) is 0. The molecule has 1 aromatic rings. The Balaban J connectivity index is 2.39. The molecule has 0 saturated carbocycles. The molecular formula is C14H18ClNO4S. The predicted octanol–water partition coefficient (Wildman–Crippen LogP) is 2.43. The van der Waals surface area contributed by atoms with Crippen LogP contribution in [0, 0.1) is 0 Å². The van der Waals surface area contributed by atoms with E-state index in [1.54, 1.807) is 36.0 Å². The molecule has 1 amide bonds. The van der Waals surface area contributed by atoms with E-state index < -0.39 is 17.9 Å². The fraction of sp³-hybridized carbons (Fsp3) is 0.429. The zero-order valence-corrected chi connectivity index (χ0v) is 13.2. The fourth-order valence-electron chi connectivity index (χ4n) is 1.52. The first-order valence-corrected chi connectivity index (χ1v) is 8.04. The van der Waals surface area contributed by atoms with Gasteiger partial charge in [0, 0.05) is 5.02 Å². The number of carbonyl (C=O) groups excluding carboxylic acids is 1. The molecule has 2 N–H and O–H groups in total. The molecule has 21 heavy (non-hydrogen) atoms. The van der Waals surface area contributed by atoms with E-state index >= 15 is 0 Å². The summed E-state index contributed by atoms with van der Waals surface area (Å²) in [6.07, 6.45) is 0.389. The van der Waals surface area contributed by atoms with Crippen molar-refractivity contribution in [2.24, 2.45) is 0 Å². The Bertz CT molecular complexity index is 467. The molecular weight excluding hydrogens is 314 g/mol. The third-order valence-corrected chi connectivity index (χ3v) is 3.76. The molecule has 7 heteroatoms. The molecule has 0 spiro atoms. The molecule has 1 atom stereocenters. The van der Waals surface area contributed by atoms with Crippen LogP contribution in [0.3, 0.4) is 0 Å². The Hall–Kier alpha value is -1.40. The van der Waals surface area contributed by atoms with Crippen molar-refractivity contribution >= 4 is 35.2 Å². The van der Waals surface area contributed by atoms with Gasteiger partial charge in [-0.25, -0.2) is 4.79 Å². The number of ether oxygens (including phenoxy) is 1. The average molecular weight is 332 g/mol. The minimum Gasteiger partial charge on any atom is -0.484 e. The zero-order chi connectivity index (χ0) is 15.7. The molecule has 0 radical (unpaired) electrons. The number of carbonyl (C=O) groups is 2. The number of benzene rings is 1. The van der Waals surface area contributed by atoms with Gasteiger partial charge in [0.05, 0.1) is 0 Å². The standard InChI is InChI=1S/C14H18ClNO4S/c1-2-21-8-7-12(14(18)19)16-13(17)9-20-11-5-3-10(15)4-6-11/h3-6,12H,2,7-9H2,1H3,(H,16,17)(H,18,19). The molecule has 1 unspecified atom stereocenters. The van der Waals surface area contributed by atoms with Gasteiger partial charge >= 0.3 is 5.97 Å². The van der Waals surface area contributed by atoms with Crippen LogP contribution in [0.4, 0.5) is 0 Å². The first-order chi connectivity index (χ1) is 10.0. The number of amides is 1. The van der Waals surface area contributed by atoms with Crippen molar-refractivity contribution < 1.29 is 19.4 Å². The van der Waals surface area contributed by atoms with Crippen molar-refractivity contribution in [2.45, 2.75) is 19.4 Å². The maximum Gasteiger partial charge on any atom is 0.326 e. The second-order valence-electron chi connectivity index (χ2n) is 4.19. The van der Waals surface area contributed by atoms with Crippen molar-refractivity contribution in [1.29, 1.82) is 0 Å². The number of nitrogens with one attached hydrogen (secondary N) is 1. The zero-order valence-electron chi connectivity index (χ0n) is 11.7. The highest BCUT2D eigenvalue weighted by Crippen LogP contribution is 2.15. The monoisotopic (exact) mass is 331 g/mol. The summed E-state index contributed by atoms with van der Waals surface area (Å²) in [5, 5.41) is 12.1. The van der Waals surface area contributed by atoms with Crippen molar-refractivity contribution in [3.8, 4) is 5.75 Å². The molecule has 0 aliphatic heterocycles. The molecule has 0 aliphatic carbocycles. The first-order valence-electron chi connectivity index (χ1n) is 6.51. The van der Waals surface area contributed by atoms with Gasteiger partial charge in [-0.2, -0.15) is 11.8 Å². The van der Waals surface area contributed by atoms with Gasteiger partial charge in [0.1, 0.15) is 11.8 Å². The Labute approximate surface area is 133 Å². The smallest absolute Gasteiger partial charge is 0.326 e. The Morgan fingerprint density at radius 2 is 2.05 bits per heavy atom. The predicted molar refractivity (Wildman–Crippen MR) is 84.1 cm³/mol. The summed E-state index contributed by atoms with van der Waals surface area (Å²) in [5.74, 6) is 0.611. The van der Waals surface area contributed by atoms with Crippen LogP contribution in [0.2, 0.25) is 5.02 Å². The van der Waals surface area contributed by atoms with Crippen LogP contribution < -0.4 is 10.1 Å². The van der Waals surface area contributed by atoms with Crippen LogP contribution in [-0.2, 0) is 9.59 Å². The summed E-state index contributed by atoms with van der Waals surface area (Å²) in [4.78, 5) is 22.8. The molecule has 0 bridgehead atoms. The number of aliphatic carboxylic acids is 1. The molecule has 0 aromatic heterocycles.